The van der Waals surface area contributed by atoms with Crippen LogP contribution in [-0.2, 0) is 4.74 Å². The van der Waals surface area contributed by atoms with Crippen LogP contribution in [0.5, 0.6) is 0 Å². The number of carbonyl (C=O) groups is 1. The first kappa shape index (κ1) is 16.6. The fraction of sp³-hybridized carbons (Fsp3) is 0.0833. The van der Waals surface area contributed by atoms with Gasteiger partial charge in [0.1, 0.15) is 0 Å². The topological polar surface area (TPSA) is 150 Å². The summed E-state index contributed by atoms with van der Waals surface area (Å²) in [6, 6.07) is 0. The number of nitrogens with one attached hydrogen (secondary N) is 1. The number of aromatic amines is 1. The molecule has 0 aliphatic rings. The molecule has 0 radical (unpaired) electrons. The second-order valence-corrected chi connectivity index (χ2v) is 6.05. The van der Waals surface area contributed by atoms with Gasteiger partial charge in [0.25, 0.3) is 5.56 Å². The highest BCUT2D eigenvalue weighted by Gasteiger charge is 2.14. The number of hydrogen-bond donors (Lipinski definition) is 3. The number of aromatic nitrogens is 4. The Morgan fingerprint density at radius 3 is 2.65 bits per heavy atom. The van der Waals surface area contributed by atoms with Crippen LogP contribution in [0.15, 0.2) is 17.6 Å². The molecule has 0 atom stereocenters. The molecule has 3 rings (SSSR count). The molecule has 120 valence electrons. The summed E-state index contributed by atoms with van der Waals surface area (Å²) in [5.74, 6) is -0.488. The summed E-state index contributed by atoms with van der Waals surface area (Å²) in [5.41, 5.74) is 11.1. The second-order valence-electron chi connectivity index (χ2n) is 3.92. The normalized spacial score (nSPS) is 9.96. The van der Waals surface area contributed by atoms with Crippen molar-refractivity contribution in [2.24, 2.45) is 0 Å². The van der Waals surface area contributed by atoms with Crippen LogP contribution in [0.4, 0.5) is 10.3 Å². The Balaban J connectivity index is 0.000000167. The second kappa shape index (κ2) is 6.98. The summed E-state index contributed by atoms with van der Waals surface area (Å²) in [7, 11) is 1.30. The van der Waals surface area contributed by atoms with Gasteiger partial charge < -0.3 is 16.2 Å². The van der Waals surface area contributed by atoms with E-state index in [1.54, 1.807) is 0 Å². The maximum absolute atomic E-state index is 11.0. The van der Waals surface area contributed by atoms with Crippen molar-refractivity contribution in [1.82, 2.24) is 20.2 Å². The Hall–Kier alpha value is -2.79. The zero-order valence-electron chi connectivity index (χ0n) is 11.9. The number of nitrogen functional groups attached to an aromatic ring is 2. The van der Waals surface area contributed by atoms with Gasteiger partial charge in [0, 0.05) is 0 Å². The Labute approximate surface area is 137 Å². The number of H-pyrrole nitrogens is 1. The van der Waals surface area contributed by atoms with Crippen LogP contribution < -0.4 is 17.0 Å². The lowest BCUT2D eigenvalue weighted by atomic mass is 10.3. The Bertz CT molecular complexity index is 913. The largest absolute Gasteiger partial charge is 0.464 e. The summed E-state index contributed by atoms with van der Waals surface area (Å²) in [6.07, 6.45) is 3.06. The first-order valence-electron chi connectivity index (χ1n) is 6.03. The smallest absolute Gasteiger partial charge is 0.358 e. The van der Waals surface area contributed by atoms with E-state index in [1.165, 1.54) is 42.1 Å². The van der Waals surface area contributed by atoms with E-state index in [9.17, 15) is 9.59 Å². The van der Waals surface area contributed by atoms with Gasteiger partial charge in [-0.15, -0.1) is 0 Å². The van der Waals surface area contributed by atoms with Crippen molar-refractivity contribution < 1.29 is 9.53 Å². The summed E-state index contributed by atoms with van der Waals surface area (Å²) < 4.78 is 5.21. The molecule has 9 nitrogen and oxygen atoms in total. The Morgan fingerprint density at radius 1 is 1.35 bits per heavy atom. The lowest BCUT2D eigenvalue weighted by Crippen LogP contribution is -2.06. The van der Waals surface area contributed by atoms with Gasteiger partial charge in [-0.2, -0.15) is 5.10 Å². The van der Waals surface area contributed by atoms with Gasteiger partial charge in [-0.05, 0) is 6.08 Å². The molecule has 0 aliphatic carbocycles. The van der Waals surface area contributed by atoms with Gasteiger partial charge in [-0.1, -0.05) is 29.3 Å². The Kier molecular flexibility index (Phi) is 5.03. The molecule has 0 bridgehead atoms. The summed E-state index contributed by atoms with van der Waals surface area (Å²) in [4.78, 5) is 30.3. The molecule has 0 saturated carbocycles. The highest BCUT2D eigenvalue weighted by Crippen LogP contribution is 2.21. The van der Waals surface area contributed by atoms with E-state index in [2.05, 4.69) is 31.5 Å². The number of anilines is 2. The molecule has 0 fully saturated rings. The van der Waals surface area contributed by atoms with E-state index in [4.69, 9.17) is 11.5 Å². The third-order valence-corrected chi connectivity index (χ3v) is 4.17. The van der Waals surface area contributed by atoms with Crippen molar-refractivity contribution in [2.75, 3.05) is 18.6 Å². The third kappa shape index (κ3) is 3.70. The van der Waals surface area contributed by atoms with E-state index in [-0.39, 0.29) is 11.3 Å². The van der Waals surface area contributed by atoms with Crippen molar-refractivity contribution >= 4 is 55.2 Å². The number of rotatable bonds is 2. The number of nitrogens with two attached hydrogens (primary N) is 2. The molecule has 0 unspecified atom stereocenters. The molecule has 3 heterocycles. The fourth-order valence-electron chi connectivity index (χ4n) is 1.53. The number of fused-ring (bicyclic) bond motifs is 1. The molecule has 3 aromatic heterocycles. The molecule has 0 aliphatic heterocycles. The predicted octanol–water partition coefficient (Wildman–Crippen LogP) is 1.12. The molecule has 0 aromatic carbocycles. The van der Waals surface area contributed by atoms with Crippen LogP contribution in [0.25, 0.3) is 16.3 Å². The van der Waals surface area contributed by atoms with E-state index in [0.717, 1.165) is 0 Å². The number of thiazole rings is 2. The molecule has 23 heavy (non-hydrogen) atoms. The molecule has 0 spiro atoms. The van der Waals surface area contributed by atoms with Crippen molar-refractivity contribution in [1.29, 1.82) is 0 Å². The van der Waals surface area contributed by atoms with E-state index in [1.807, 2.05) is 0 Å². The predicted molar refractivity (Wildman–Crippen MR) is 90.4 cm³/mol. The van der Waals surface area contributed by atoms with Crippen molar-refractivity contribution in [2.45, 2.75) is 0 Å². The van der Waals surface area contributed by atoms with Gasteiger partial charge in [-0.3, -0.25) is 4.79 Å². The van der Waals surface area contributed by atoms with Crippen molar-refractivity contribution in [3.8, 4) is 0 Å². The van der Waals surface area contributed by atoms with Crippen molar-refractivity contribution in [3.05, 3.63) is 33.7 Å². The van der Waals surface area contributed by atoms with Crippen LogP contribution in [0.2, 0.25) is 0 Å². The van der Waals surface area contributed by atoms with Crippen LogP contribution in [0, 0.1) is 0 Å². The Morgan fingerprint density at radius 2 is 2.04 bits per heavy atom. The minimum atomic E-state index is -0.488. The van der Waals surface area contributed by atoms with E-state index >= 15 is 0 Å². The molecule has 3 aromatic rings. The number of nitrogens with zero attached hydrogens (tertiary/aromatic N) is 3. The molecule has 0 amide bonds. The summed E-state index contributed by atoms with van der Waals surface area (Å²) in [5, 5.41) is 6.60. The quantitative estimate of drug-likeness (QED) is 0.580. The monoisotopic (exact) mass is 352 g/mol. The number of methoxy groups -OCH3 is 1. The number of carbonyl (C=O) groups excluding carboxylic acids is 1. The zero-order chi connectivity index (χ0) is 17.0. The van der Waals surface area contributed by atoms with Gasteiger partial charge in [0.05, 0.1) is 22.9 Å². The van der Waals surface area contributed by atoms with Crippen LogP contribution in [0.1, 0.15) is 15.4 Å². The van der Waals surface area contributed by atoms with Gasteiger partial charge in [0.2, 0.25) is 0 Å². The van der Waals surface area contributed by atoms with E-state index < -0.39 is 5.97 Å². The average Bonchev–Trinajstić information content (AvgIpc) is 3.10. The first-order chi connectivity index (χ1) is 11.0. The number of ether oxygens (including phenoxy) is 1. The van der Waals surface area contributed by atoms with Crippen LogP contribution in [0.3, 0.4) is 0 Å². The number of esters is 1. The van der Waals surface area contributed by atoms with Crippen LogP contribution >= 0.6 is 22.7 Å². The van der Waals surface area contributed by atoms with E-state index in [0.29, 0.717) is 25.4 Å². The molecular formula is C12H12N6O3S2. The summed E-state index contributed by atoms with van der Waals surface area (Å²) in [6.45, 7) is 3.53. The molecule has 5 N–H and O–H groups in total. The highest BCUT2D eigenvalue weighted by molar-refractivity contribution is 7.22. The maximum atomic E-state index is 11.0. The van der Waals surface area contributed by atoms with Crippen molar-refractivity contribution in [3.63, 3.8) is 0 Å². The maximum Gasteiger partial charge on any atom is 0.358 e. The van der Waals surface area contributed by atoms with Gasteiger partial charge in [-0.25, -0.2) is 19.9 Å². The van der Waals surface area contributed by atoms with Crippen LogP contribution in [-0.4, -0.2) is 33.2 Å². The average molecular weight is 352 g/mol. The molecular weight excluding hydrogens is 340 g/mol. The minimum Gasteiger partial charge on any atom is -0.464 e. The molecule has 11 heteroatoms. The third-order valence-electron chi connectivity index (χ3n) is 2.47. The van der Waals surface area contributed by atoms with Gasteiger partial charge in [0.15, 0.2) is 21.5 Å². The fourth-order valence-corrected chi connectivity index (χ4v) is 2.91. The minimum absolute atomic E-state index is 0.231. The lowest BCUT2D eigenvalue weighted by molar-refractivity contribution is 0.0595. The summed E-state index contributed by atoms with van der Waals surface area (Å²) >= 11 is 2.46. The highest BCUT2D eigenvalue weighted by atomic mass is 32.1. The van der Waals surface area contributed by atoms with Gasteiger partial charge >= 0.3 is 5.97 Å². The number of hydrogen-bond acceptors (Lipinski definition) is 10. The zero-order valence-corrected chi connectivity index (χ0v) is 13.5. The SMILES string of the molecule is C=Cc1sc(N)nc1C(=O)OC.Nc1nc2c(=O)[nH]ncc2s1. The lowest BCUT2D eigenvalue weighted by Gasteiger charge is -1.93. The first-order valence-corrected chi connectivity index (χ1v) is 7.66. The standard InChI is InChI=1S/C7H8N2O2S.C5H4N4OS/c1-3-4-5(6(10)11-2)9-7(8)12-4;6-5-8-3-2(11-5)1-7-9-4(3)10/h3H,1H2,2H3,(H2,8,9);1H,(H2,6,8)(H,9,10). The molecule has 0 saturated heterocycles.